The van der Waals surface area contributed by atoms with Crippen molar-refractivity contribution < 1.29 is 0 Å². The first-order valence-electron chi connectivity index (χ1n) is 4.94. The summed E-state index contributed by atoms with van der Waals surface area (Å²) in [4.78, 5) is 0. The molecule has 0 radical (unpaired) electrons. The first kappa shape index (κ1) is 10.2. The third-order valence-electron chi connectivity index (χ3n) is 2.56. The van der Waals surface area contributed by atoms with Crippen LogP contribution in [0, 0.1) is 0 Å². The molecule has 0 amide bonds. The van der Waals surface area contributed by atoms with Gasteiger partial charge in [-0.2, -0.15) is 0 Å². The Morgan fingerprint density at radius 1 is 1.21 bits per heavy atom. The molecule has 0 bridgehead atoms. The fourth-order valence-corrected chi connectivity index (χ4v) is 3.56. The second-order valence-electron chi connectivity index (χ2n) is 3.42. The minimum Gasteiger partial charge on any atom is -0.143 e. The van der Waals surface area contributed by atoms with E-state index in [1.165, 1.54) is 25.7 Å². The summed E-state index contributed by atoms with van der Waals surface area (Å²) in [6.45, 7) is 4.43. The summed E-state index contributed by atoms with van der Waals surface area (Å²) in [7, 11) is 0. The average molecular weight is 269 g/mol. The van der Waals surface area contributed by atoms with Crippen molar-refractivity contribution in [1.29, 1.82) is 0 Å². The third-order valence-corrected chi connectivity index (χ3v) is 4.42. The van der Waals surface area contributed by atoms with Crippen molar-refractivity contribution in [1.82, 2.24) is 0 Å². The van der Waals surface area contributed by atoms with E-state index in [2.05, 4.69) is 47.3 Å². The lowest BCUT2D eigenvalue weighted by molar-refractivity contribution is 1.10. The molecule has 0 aliphatic carbocycles. The van der Waals surface area contributed by atoms with Crippen LogP contribution in [-0.2, 0) is 12.8 Å². The van der Waals surface area contributed by atoms with Crippen LogP contribution in [0.25, 0.3) is 10.1 Å². The molecule has 0 saturated heterocycles. The molecule has 1 heterocycles. The second kappa shape index (κ2) is 4.03. The Labute approximate surface area is 97.1 Å². The van der Waals surface area contributed by atoms with Crippen LogP contribution in [0.3, 0.4) is 0 Å². The zero-order valence-electron chi connectivity index (χ0n) is 8.43. The quantitative estimate of drug-likeness (QED) is 0.735. The predicted molar refractivity (Wildman–Crippen MR) is 68.3 cm³/mol. The van der Waals surface area contributed by atoms with Crippen molar-refractivity contribution >= 4 is 37.4 Å². The Morgan fingerprint density at radius 3 is 2.64 bits per heavy atom. The number of aryl methyl sites for hydroxylation is 2. The van der Waals surface area contributed by atoms with Crippen LogP contribution < -0.4 is 0 Å². The van der Waals surface area contributed by atoms with Gasteiger partial charge in [0.25, 0.3) is 0 Å². The van der Waals surface area contributed by atoms with E-state index < -0.39 is 0 Å². The lowest BCUT2D eigenvalue weighted by Gasteiger charge is -2.04. The minimum absolute atomic E-state index is 1.11. The molecule has 74 valence electrons. The molecule has 0 unspecified atom stereocenters. The number of halogens is 1. The van der Waals surface area contributed by atoms with Gasteiger partial charge in [0.15, 0.2) is 0 Å². The van der Waals surface area contributed by atoms with Crippen LogP contribution in [0.5, 0.6) is 0 Å². The Morgan fingerprint density at radius 2 is 2.00 bits per heavy atom. The van der Waals surface area contributed by atoms with Crippen molar-refractivity contribution in [2.75, 3.05) is 0 Å². The number of benzene rings is 1. The predicted octanol–water partition coefficient (Wildman–Crippen LogP) is 4.79. The van der Waals surface area contributed by atoms with E-state index in [4.69, 9.17) is 0 Å². The van der Waals surface area contributed by atoms with Crippen molar-refractivity contribution in [2.24, 2.45) is 0 Å². The number of hydrogen-bond donors (Lipinski definition) is 0. The van der Waals surface area contributed by atoms with Gasteiger partial charge in [-0.15, -0.1) is 11.3 Å². The summed E-state index contributed by atoms with van der Waals surface area (Å²) < 4.78 is 2.66. The highest BCUT2D eigenvalue weighted by molar-refractivity contribution is 9.10. The summed E-state index contributed by atoms with van der Waals surface area (Å²) in [5.41, 5.74) is 2.91. The molecular formula is C12H13BrS. The monoisotopic (exact) mass is 268 g/mol. The van der Waals surface area contributed by atoms with Gasteiger partial charge in [0.2, 0.25) is 0 Å². The average Bonchev–Trinajstić information content (AvgIpc) is 2.59. The van der Waals surface area contributed by atoms with Gasteiger partial charge < -0.3 is 0 Å². The summed E-state index contributed by atoms with van der Waals surface area (Å²) >= 11 is 5.44. The molecule has 1 aromatic heterocycles. The van der Waals surface area contributed by atoms with Crippen LogP contribution in [0.2, 0.25) is 0 Å². The number of fused-ring (bicyclic) bond motifs is 1. The van der Waals surface area contributed by atoms with Crippen LogP contribution >= 0.6 is 27.3 Å². The topological polar surface area (TPSA) is 0 Å². The first-order chi connectivity index (χ1) is 6.76. The zero-order chi connectivity index (χ0) is 10.1. The van der Waals surface area contributed by atoms with Gasteiger partial charge >= 0.3 is 0 Å². The Bertz CT molecular complexity index is 457. The normalized spacial score (nSPS) is 11.1. The molecule has 14 heavy (non-hydrogen) atoms. The second-order valence-corrected chi connectivity index (χ2v) is 5.18. The van der Waals surface area contributed by atoms with Gasteiger partial charge in [-0.05, 0) is 46.0 Å². The van der Waals surface area contributed by atoms with E-state index >= 15 is 0 Å². The molecule has 0 aliphatic rings. The van der Waals surface area contributed by atoms with E-state index in [-0.39, 0.29) is 0 Å². The molecule has 0 nitrogen and oxygen atoms in total. The minimum atomic E-state index is 1.11. The van der Waals surface area contributed by atoms with E-state index in [1.54, 1.807) is 0 Å². The smallest absolute Gasteiger partial charge is 0.0363 e. The van der Waals surface area contributed by atoms with Crippen molar-refractivity contribution in [2.45, 2.75) is 26.7 Å². The van der Waals surface area contributed by atoms with Crippen molar-refractivity contribution in [3.8, 4) is 0 Å². The standard InChI is InChI=1S/C12H13BrS/c1-3-8-5-9(4-2)12-10(13)7-14-11(12)6-8/h5-7H,3-4H2,1-2H3. The number of thiophene rings is 1. The van der Waals surface area contributed by atoms with Gasteiger partial charge in [-0.3, -0.25) is 0 Å². The van der Waals surface area contributed by atoms with Crippen molar-refractivity contribution in [3.63, 3.8) is 0 Å². The molecule has 2 aromatic rings. The lowest BCUT2D eigenvalue weighted by Crippen LogP contribution is -1.86. The molecule has 0 saturated carbocycles. The van der Waals surface area contributed by atoms with Crippen LogP contribution in [0.4, 0.5) is 0 Å². The van der Waals surface area contributed by atoms with Crippen LogP contribution in [0.15, 0.2) is 22.0 Å². The maximum Gasteiger partial charge on any atom is 0.0363 e. The maximum atomic E-state index is 3.62. The van der Waals surface area contributed by atoms with Crippen LogP contribution in [0.1, 0.15) is 25.0 Å². The summed E-state index contributed by atoms with van der Waals surface area (Å²) in [5.74, 6) is 0. The Balaban J connectivity index is 2.76. The highest BCUT2D eigenvalue weighted by atomic mass is 79.9. The fraction of sp³-hybridized carbons (Fsp3) is 0.333. The van der Waals surface area contributed by atoms with Gasteiger partial charge in [-0.25, -0.2) is 0 Å². The lowest BCUT2D eigenvalue weighted by atomic mass is 10.0. The summed E-state index contributed by atoms with van der Waals surface area (Å²) in [6, 6.07) is 4.64. The molecule has 0 spiro atoms. The van der Waals surface area contributed by atoms with E-state index in [9.17, 15) is 0 Å². The molecule has 2 heteroatoms. The summed E-state index contributed by atoms with van der Waals surface area (Å²) in [6.07, 6.45) is 2.23. The molecule has 0 atom stereocenters. The van der Waals surface area contributed by atoms with Gasteiger partial charge in [0, 0.05) is 19.9 Å². The van der Waals surface area contributed by atoms with Gasteiger partial charge in [0.05, 0.1) is 0 Å². The zero-order valence-corrected chi connectivity index (χ0v) is 10.8. The van der Waals surface area contributed by atoms with E-state index in [1.807, 2.05) is 11.3 Å². The highest BCUT2D eigenvalue weighted by Crippen LogP contribution is 2.34. The van der Waals surface area contributed by atoms with Crippen molar-refractivity contribution in [3.05, 3.63) is 33.1 Å². The third kappa shape index (κ3) is 1.61. The first-order valence-corrected chi connectivity index (χ1v) is 6.62. The van der Waals surface area contributed by atoms with E-state index in [0.717, 1.165) is 12.8 Å². The molecular weight excluding hydrogens is 256 g/mol. The SMILES string of the molecule is CCc1cc(CC)c2c(Br)csc2c1. The fourth-order valence-electron chi connectivity index (χ4n) is 1.76. The number of hydrogen-bond acceptors (Lipinski definition) is 1. The Hall–Kier alpha value is -0.340. The number of rotatable bonds is 2. The highest BCUT2D eigenvalue weighted by Gasteiger charge is 2.07. The van der Waals surface area contributed by atoms with E-state index in [0.29, 0.717) is 0 Å². The Kier molecular flexibility index (Phi) is 2.93. The molecule has 0 N–H and O–H groups in total. The molecule has 0 fully saturated rings. The van der Waals surface area contributed by atoms with Gasteiger partial charge in [-0.1, -0.05) is 19.9 Å². The molecule has 0 aliphatic heterocycles. The summed E-state index contributed by atoms with van der Waals surface area (Å²) in [5, 5.41) is 3.60. The van der Waals surface area contributed by atoms with Gasteiger partial charge in [0.1, 0.15) is 0 Å². The van der Waals surface area contributed by atoms with Crippen LogP contribution in [-0.4, -0.2) is 0 Å². The molecule has 2 rings (SSSR count). The molecule has 1 aromatic carbocycles. The maximum absolute atomic E-state index is 3.62. The largest absolute Gasteiger partial charge is 0.143 e.